The van der Waals surface area contributed by atoms with E-state index in [-0.39, 0.29) is 6.07 Å². The molecule has 0 aliphatic rings. The van der Waals surface area contributed by atoms with Crippen molar-refractivity contribution < 1.29 is 27.5 Å². The lowest BCUT2D eigenvalue weighted by molar-refractivity contribution is -0.139. The Hall–Kier alpha value is -2.65. The Morgan fingerprint density at radius 1 is 1.30 bits per heavy atom. The summed E-state index contributed by atoms with van der Waals surface area (Å²) in [5.41, 5.74) is 1.97. The topological polar surface area (TPSA) is 105 Å². The molecule has 0 unspecified atom stereocenters. The molecule has 1 aromatic carbocycles. The molecule has 20 heavy (non-hydrogen) atoms. The molecule has 1 aromatic heterocycles. The van der Waals surface area contributed by atoms with Gasteiger partial charge in [0.1, 0.15) is 17.3 Å². The van der Waals surface area contributed by atoms with Crippen molar-refractivity contribution in [2.24, 2.45) is 5.73 Å². The van der Waals surface area contributed by atoms with Crippen LogP contribution < -0.4 is 5.73 Å². The maximum Gasteiger partial charge on any atom is 0.419 e. The lowest BCUT2D eigenvalue weighted by Crippen LogP contribution is -2.13. The summed E-state index contributed by atoms with van der Waals surface area (Å²) in [5.74, 6) is -3.54. The highest BCUT2D eigenvalue weighted by Crippen LogP contribution is 2.38. The molecule has 0 saturated heterocycles. The van der Waals surface area contributed by atoms with Gasteiger partial charge in [-0.15, -0.1) is 0 Å². The molecule has 0 spiro atoms. The minimum atomic E-state index is -4.97. The van der Waals surface area contributed by atoms with Crippen LogP contribution in [0.3, 0.4) is 0 Å². The van der Waals surface area contributed by atoms with Crippen LogP contribution in [0.2, 0.25) is 0 Å². The summed E-state index contributed by atoms with van der Waals surface area (Å²) in [5, 5.41) is 18.3. The number of hydrogen-bond acceptors (Lipinski definition) is 4. The SMILES string of the molecule is NC(=O)c1n[nH]nc1-c1cc(C(F)(F)F)c(F)cc1O. The molecule has 2 rings (SSSR count). The summed E-state index contributed by atoms with van der Waals surface area (Å²) in [7, 11) is 0. The molecule has 0 fully saturated rings. The van der Waals surface area contributed by atoms with Crippen LogP contribution in [0.15, 0.2) is 12.1 Å². The van der Waals surface area contributed by atoms with Crippen molar-refractivity contribution in [2.45, 2.75) is 6.18 Å². The maximum absolute atomic E-state index is 13.2. The van der Waals surface area contributed by atoms with Gasteiger partial charge in [-0.3, -0.25) is 4.79 Å². The van der Waals surface area contributed by atoms with Crippen LogP contribution in [0.4, 0.5) is 17.6 Å². The second kappa shape index (κ2) is 4.47. The van der Waals surface area contributed by atoms with Crippen molar-refractivity contribution in [3.8, 4) is 17.0 Å². The van der Waals surface area contributed by atoms with E-state index in [1.165, 1.54) is 0 Å². The van der Waals surface area contributed by atoms with E-state index in [0.29, 0.717) is 6.07 Å². The van der Waals surface area contributed by atoms with Gasteiger partial charge in [-0.2, -0.15) is 28.6 Å². The molecule has 0 aliphatic heterocycles. The number of aromatic amines is 1. The summed E-state index contributed by atoms with van der Waals surface area (Å²) in [6.45, 7) is 0. The van der Waals surface area contributed by atoms with Crippen LogP contribution in [0.25, 0.3) is 11.3 Å². The van der Waals surface area contributed by atoms with Crippen molar-refractivity contribution in [3.63, 3.8) is 0 Å². The lowest BCUT2D eigenvalue weighted by atomic mass is 10.0. The third-order valence-electron chi connectivity index (χ3n) is 2.43. The third-order valence-corrected chi connectivity index (χ3v) is 2.43. The predicted octanol–water partition coefficient (Wildman–Crippen LogP) is 1.43. The van der Waals surface area contributed by atoms with Crippen molar-refractivity contribution in [3.05, 3.63) is 29.2 Å². The van der Waals surface area contributed by atoms with Crippen LogP contribution >= 0.6 is 0 Å². The number of rotatable bonds is 2. The number of aromatic hydroxyl groups is 1. The second-order valence-electron chi connectivity index (χ2n) is 3.73. The molecule has 0 aliphatic carbocycles. The number of amides is 1. The van der Waals surface area contributed by atoms with Gasteiger partial charge in [0.15, 0.2) is 5.69 Å². The molecule has 0 atom stereocenters. The van der Waals surface area contributed by atoms with E-state index in [1.54, 1.807) is 0 Å². The molecular weight excluding hydrogens is 284 g/mol. The van der Waals surface area contributed by atoms with Crippen molar-refractivity contribution >= 4 is 5.91 Å². The van der Waals surface area contributed by atoms with E-state index >= 15 is 0 Å². The molecule has 0 radical (unpaired) electrons. The standard InChI is InChI=1S/C10H6F4N4O2/c11-5-2-6(19)3(1-4(5)10(12,13)14)7-8(9(15)20)17-18-16-7/h1-2,19H,(H2,15,20)(H,16,17,18). The summed E-state index contributed by atoms with van der Waals surface area (Å²) < 4.78 is 51.0. The highest BCUT2D eigenvalue weighted by molar-refractivity contribution is 5.97. The number of nitrogens with two attached hydrogens (primary N) is 1. The number of primary amides is 1. The fraction of sp³-hybridized carbons (Fsp3) is 0.100. The number of carbonyl (C=O) groups excluding carboxylic acids is 1. The number of alkyl halides is 3. The average Bonchev–Trinajstić information content (AvgIpc) is 2.75. The van der Waals surface area contributed by atoms with Gasteiger partial charge in [-0.1, -0.05) is 0 Å². The van der Waals surface area contributed by atoms with Gasteiger partial charge in [-0.25, -0.2) is 4.39 Å². The van der Waals surface area contributed by atoms with E-state index in [9.17, 15) is 27.5 Å². The molecule has 10 heteroatoms. The zero-order valence-corrected chi connectivity index (χ0v) is 9.49. The van der Waals surface area contributed by atoms with Crippen LogP contribution in [0.1, 0.15) is 16.1 Å². The minimum absolute atomic E-state index is 0.275. The molecule has 1 heterocycles. The second-order valence-corrected chi connectivity index (χ2v) is 3.73. The highest BCUT2D eigenvalue weighted by Gasteiger charge is 2.35. The molecule has 0 bridgehead atoms. The Morgan fingerprint density at radius 2 is 1.95 bits per heavy atom. The number of aromatic nitrogens is 3. The fourth-order valence-corrected chi connectivity index (χ4v) is 1.56. The fourth-order valence-electron chi connectivity index (χ4n) is 1.56. The van der Waals surface area contributed by atoms with E-state index in [4.69, 9.17) is 5.73 Å². The van der Waals surface area contributed by atoms with Gasteiger partial charge in [-0.05, 0) is 6.07 Å². The van der Waals surface area contributed by atoms with Gasteiger partial charge in [0, 0.05) is 11.6 Å². The highest BCUT2D eigenvalue weighted by atomic mass is 19.4. The Kier molecular flexibility index (Phi) is 3.08. The van der Waals surface area contributed by atoms with Gasteiger partial charge in [0.2, 0.25) is 0 Å². The average molecular weight is 290 g/mol. The monoisotopic (exact) mass is 290 g/mol. The number of nitrogens with zero attached hydrogens (tertiary/aromatic N) is 2. The van der Waals surface area contributed by atoms with E-state index in [2.05, 4.69) is 10.2 Å². The molecule has 6 nitrogen and oxygen atoms in total. The number of phenolic OH excluding ortho intramolecular Hbond substituents is 1. The van der Waals surface area contributed by atoms with E-state index in [0.717, 1.165) is 0 Å². The van der Waals surface area contributed by atoms with Crippen LogP contribution in [0.5, 0.6) is 5.75 Å². The third kappa shape index (κ3) is 2.27. The summed E-state index contributed by atoms with van der Waals surface area (Å²) in [4.78, 5) is 11.0. The Bertz CT molecular complexity index is 680. The van der Waals surface area contributed by atoms with E-state index < -0.39 is 46.2 Å². The molecule has 4 N–H and O–H groups in total. The van der Waals surface area contributed by atoms with Gasteiger partial charge in [0.25, 0.3) is 5.91 Å². The number of halogens is 4. The molecule has 2 aromatic rings. The molecular formula is C10H6F4N4O2. The number of carbonyl (C=O) groups is 1. The summed E-state index contributed by atoms with van der Waals surface area (Å²) in [6, 6.07) is 0.604. The maximum atomic E-state index is 13.2. The van der Waals surface area contributed by atoms with Crippen LogP contribution in [0, 0.1) is 5.82 Å². The Balaban J connectivity index is 2.69. The summed E-state index contributed by atoms with van der Waals surface area (Å²) >= 11 is 0. The Labute approximate surface area is 108 Å². The Morgan fingerprint density at radius 3 is 2.50 bits per heavy atom. The number of H-pyrrole nitrogens is 1. The van der Waals surface area contributed by atoms with Gasteiger partial charge >= 0.3 is 6.18 Å². The minimum Gasteiger partial charge on any atom is -0.507 e. The normalized spacial score (nSPS) is 11.6. The van der Waals surface area contributed by atoms with Crippen LogP contribution in [-0.4, -0.2) is 26.4 Å². The molecule has 1 amide bonds. The van der Waals surface area contributed by atoms with Gasteiger partial charge in [0.05, 0.1) is 5.56 Å². The smallest absolute Gasteiger partial charge is 0.419 e. The van der Waals surface area contributed by atoms with Gasteiger partial charge < -0.3 is 10.8 Å². The zero-order chi connectivity index (χ0) is 15.1. The first-order valence-electron chi connectivity index (χ1n) is 5.02. The first-order valence-corrected chi connectivity index (χ1v) is 5.02. The zero-order valence-electron chi connectivity index (χ0n) is 9.49. The number of benzene rings is 1. The van der Waals surface area contributed by atoms with Crippen molar-refractivity contribution in [1.82, 2.24) is 15.4 Å². The molecule has 106 valence electrons. The first-order chi connectivity index (χ1) is 9.21. The largest absolute Gasteiger partial charge is 0.507 e. The van der Waals surface area contributed by atoms with Crippen LogP contribution in [-0.2, 0) is 6.18 Å². The first kappa shape index (κ1) is 13.8. The number of hydrogen-bond donors (Lipinski definition) is 3. The van der Waals surface area contributed by atoms with E-state index in [1.807, 2.05) is 5.21 Å². The summed E-state index contributed by atoms with van der Waals surface area (Å²) in [6.07, 6.45) is -4.97. The predicted molar refractivity (Wildman–Crippen MR) is 57.0 cm³/mol. The lowest BCUT2D eigenvalue weighted by Gasteiger charge is -2.10. The van der Waals surface area contributed by atoms with Crippen molar-refractivity contribution in [2.75, 3.05) is 0 Å². The number of nitrogens with one attached hydrogen (secondary N) is 1. The molecule has 0 saturated carbocycles. The quantitative estimate of drug-likeness (QED) is 0.727. The number of phenols is 1. The van der Waals surface area contributed by atoms with Crippen molar-refractivity contribution in [1.29, 1.82) is 0 Å².